The van der Waals surface area contributed by atoms with E-state index in [0.29, 0.717) is 25.2 Å². The highest BCUT2D eigenvalue weighted by atomic mass is 32.2. The van der Waals surface area contributed by atoms with Gasteiger partial charge in [-0.2, -0.15) is 23.4 Å². The average Bonchev–Trinajstić information content (AvgIpc) is 2.59. The number of nitrogens with two attached hydrogens (primary N) is 1. The molecule has 0 saturated heterocycles. The van der Waals surface area contributed by atoms with Crippen molar-refractivity contribution in [1.29, 1.82) is 0 Å². The minimum Gasteiger partial charge on any atom is -0.368 e. The first kappa shape index (κ1) is 22.7. The van der Waals surface area contributed by atoms with Crippen molar-refractivity contribution in [3.05, 3.63) is 24.3 Å². The van der Waals surface area contributed by atoms with Gasteiger partial charge in [-0.05, 0) is 31.0 Å². The van der Waals surface area contributed by atoms with Gasteiger partial charge in [-0.15, -0.1) is 0 Å². The zero-order chi connectivity index (χ0) is 21.5. The Hall–Kier alpha value is -2.55. The molecule has 0 aliphatic rings. The highest BCUT2D eigenvalue weighted by Crippen LogP contribution is 2.19. The first-order valence-electron chi connectivity index (χ1n) is 8.57. The van der Waals surface area contributed by atoms with Crippen LogP contribution in [0.2, 0.25) is 0 Å². The Morgan fingerprint density at radius 1 is 1.00 bits per heavy atom. The largest absolute Gasteiger partial charge is 0.368 e. The quantitative estimate of drug-likeness (QED) is 0.240. The molecule has 0 atom stereocenters. The van der Waals surface area contributed by atoms with Crippen molar-refractivity contribution >= 4 is 43.7 Å². The van der Waals surface area contributed by atoms with Gasteiger partial charge in [0.15, 0.2) is 0 Å². The molecule has 0 fully saturated rings. The molecule has 0 aliphatic carbocycles. The Kier molecular flexibility index (Phi) is 7.66. The number of aromatic nitrogens is 3. The minimum absolute atomic E-state index is 0.0340. The maximum absolute atomic E-state index is 11.2. The number of hydrogen-bond acceptors (Lipinski definition) is 10. The number of benzene rings is 1. The maximum Gasteiger partial charge on any atom is 0.294 e. The summed E-state index contributed by atoms with van der Waals surface area (Å²) in [6.07, 6.45) is 3.37. The van der Waals surface area contributed by atoms with Gasteiger partial charge in [-0.1, -0.05) is 12.5 Å². The van der Waals surface area contributed by atoms with Crippen LogP contribution in [0, 0.1) is 0 Å². The van der Waals surface area contributed by atoms with Gasteiger partial charge in [0.1, 0.15) is 0 Å². The van der Waals surface area contributed by atoms with E-state index in [-0.39, 0.29) is 22.7 Å². The molecule has 29 heavy (non-hydrogen) atoms. The molecular formula is C15H23N7O5S2. The number of nitrogens with zero attached hydrogens (tertiary/aromatic N) is 3. The van der Waals surface area contributed by atoms with E-state index >= 15 is 0 Å². The average molecular weight is 446 g/mol. The fraction of sp³-hybridized carbons (Fsp3) is 0.400. The lowest BCUT2D eigenvalue weighted by molar-refractivity contribution is 0.483. The Balaban J connectivity index is 1.90. The Labute approximate surface area is 169 Å². The molecule has 1 heterocycles. The first-order valence-corrected chi connectivity index (χ1v) is 11.9. The second-order valence-electron chi connectivity index (χ2n) is 6.12. The minimum atomic E-state index is -4.33. The smallest absolute Gasteiger partial charge is 0.294 e. The number of rotatable bonds is 11. The van der Waals surface area contributed by atoms with Crippen LogP contribution in [-0.4, -0.2) is 55.7 Å². The summed E-state index contributed by atoms with van der Waals surface area (Å²) < 4.78 is 55.9. The molecule has 0 unspecified atom stereocenters. The second kappa shape index (κ2) is 9.78. The van der Waals surface area contributed by atoms with Crippen LogP contribution < -0.4 is 21.1 Å². The fourth-order valence-electron chi connectivity index (χ4n) is 2.28. The van der Waals surface area contributed by atoms with Crippen molar-refractivity contribution < 1.29 is 21.4 Å². The van der Waals surface area contributed by atoms with E-state index in [1.54, 1.807) is 6.07 Å². The summed E-state index contributed by atoms with van der Waals surface area (Å²) in [5, 5.41) is 5.80. The van der Waals surface area contributed by atoms with Gasteiger partial charge in [-0.25, -0.2) is 13.1 Å². The monoisotopic (exact) mass is 445 g/mol. The molecule has 6 N–H and O–H groups in total. The molecule has 0 spiro atoms. The van der Waals surface area contributed by atoms with E-state index in [9.17, 15) is 16.8 Å². The summed E-state index contributed by atoms with van der Waals surface area (Å²) in [5.41, 5.74) is 6.02. The summed E-state index contributed by atoms with van der Waals surface area (Å²) in [4.78, 5) is 11.8. The predicted molar refractivity (Wildman–Crippen MR) is 109 cm³/mol. The zero-order valence-corrected chi connectivity index (χ0v) is 17.3. The van der Waals surface area contributed by atoms with Gasteiger partial charge >= 0.3 is 0 Å². The number of sulfonamides is 1. The fourth-order valence-corrected chi connectivity index (χ4v) is 3.32. The number of hydrogen-bond donors (Lipinski definition) is 5. The normalized spacial score (nSPS) is 11.9. The molecule has 2 rings (SSSR count). The van der Waals surface area contributed by atoms with E-state index in [4.69, 9.17) is 10.3 Å². The summed E-state index contributed by atoms with van der Waals surface area (Å²) in [5.74, 6) is 0.304. The second-order valence-corrected chi connectivity index (χ2v) is 9.38. The molecular weight excluding hydrogens is 422 g/mol. The van der Waals surface area contributed by atoms with Crippen molar-refractivity contribution in [2.75, 3.05) is 35.7 Å². The van der Waals surface area contributed by atoms with Crippen molar-refractivity contribution in [2.24, 2.45) is 0 Å². The molecule has 1 aromatic carbocycles. The van der Waals surface area contributed by atoms with Crippen molar-refractivity contribution in [1.82, 2.24) is 19.7 Å². The van der Waals surface area contributed by atoms with Crippen LogP contribution in [-0.2, 0) is 20.1 Å². The number of unbranched alkanes of at least 4 members (excludes halogenated alkanes) is 2. The van der Waals surface area contributed by atoms with Gasteiger partial charge in [0.2, 0.25) is 27.9 Å². The van der Waals surface area contributed by atoms with Crippen LogP contribution in [0.5, 0.6) is 0 Å². The van der Waals surface area contributed by atoms with Crippen LogP contribution >= 0.6 is 0 Å². The highest BCUT2D eigenvalue weighted by Gasteiger charge is 2.11. The maximum atomic E-state index is 11.2. The molecule has 0 aliphatic heterocycles. The molecule has 12 nitrogen and oxygen atoms in total. The lowest BCUT2D eigenvalue weighted by Gasteiger charge is -2.09. The lowest BCUT2D eigenvalue weighted by atomic mass is 10.2. The molecule has 0 amide bonds. The van der Waals surface area contributed by atoms with Gasteiger partial charge in [0.05, 0.1) is 11.2 Å². The SMILES string of the molecule is CS(=O)(=O)NCCCCCNc1nc(N)nc(Nc2cccc(S(=O)(=O)O)c2)n1. The van der Waals surface area contributed by atoms with Crippen molar-refractivity contribution in [3.8, 4) is 0 Å². The molecule has 0 bridgehead atoms. The van der Waals surface area contributed by atoms with Crippen LogP contribution in [0.25, 0.3) is 0 Å². The first-order chi connectivity index (χ1) is 13.5. The molecule has 160 valence electrons. The Morgan fingerprint density at radius 2 is 1.69 bits per heavy atom. The van der Waals surface area contributed by atoms with Crippen molar-refractivity contribution in [3.63, 3.8) is 0 Å². The van der Waals surface area contributed by atoms with Gasteiger partial charge in [-0.3, -0.25) is 4.55 Å². The molecule has 1 aromatic heterocycles. The molecule has 14 heteroatoms. The van der Waals surface area contributed by atoms with Crippen LogP contribution in [0.4, 0.5) is 23.5 Å². The van der Waals surface area contributed by atoms with E-state index in [1.165, 1.54) is 18.2 Å². The van der Waals surface area contributed by atoms with Crippen molar-refractivity contribution in [2.45, 2.75) is 24.2 Å². The van der Waals surface area contributed by atoms with Crippen LogP contribution in [0.1, 0.15) is 19.3 Å². The van der Waals surface area contributed by atoms with E-state index in [1.807, 2.05) is 0 Å². The number of nitrogen functional groups attached to an aromatic ring is 1. The number of nitrogens with one attached hydrogen (secondary N) is 3. The molecule has 2 aromatic rings. The molecule has 0 radical (unpaired) electrons. The highest BCUT2D eigenvalue weighted by molar-refractivity contribution is 7.88. The van der Waals surface area contributed by atoms with Gasteiger partial charge in [0, 0.05) is 18.8 Å². The Morgan fingerprint density at radius 3 is 2.38 bits per heavy atom. The third-order valence-corrected chi connectivity index (χ3v) is 5.12. The lowest BCUT2D eigenvalue weighted by Crippen LogP contribution is -2.23. The van der Waals surface area contributed by atoms with E-state index in [0.717, 1.165) is 19.1 Å². The van der Waals surface area contributed by atoms with Gasteiger partial charge < -0.3 is 16.4 Å². The summed E-state index contributed by atoms with van der Waals surface area (Å²) in [7, 11) is -7.50. The Bertz CT molecular complexity index is 1040. The van der Waals surface area contributed by atoms with E-state index < -0.39 is 20.1 Å². The van der Waals surface area contributed by atoms with Crippen LogP contribution in [0.3, 0.4) is 0 Å². The third-order valence-electron chi connectivity index (χ3n) is 3.54. The number of anilines is 4. The van der Waals surface area contributed by atoms with Crippen LogP contribution in [0.15, 0.2) is 29.2 Å². The summed E-state index contributed by atoms with van der Waals surface area (Å²) >= 11 is 0. The third kappa shape index (κ3) is 8.55. The summed E-state index contributed by atoms with van der Waals surface area (Å²) in [6.45, 7) is 0.925. The zero-order valence-electron chi connectivity index (χ0n) is 15.7. The predicted octanol–water partition coefficient (Wildman–Crippen LogP) is 0.575. The van der Waals surface area contributed by atoms with Gasteiger partial charge in [0.25, 0.3) is 10.1 Å². The topological polar surface area (TPSA) is 189 Å². The summed E-state index contributed by atoms with van der Waals surface area (Å²) in [6, 6.07) is 5.51. The van der Waals surface area contributed by atoms with E-state index in [2.05, 4.69) is 30.3 Å². The standard InChI is InChI=1S/C15H23N7O5S2/c1-28(23,24)18-9-4-2-3-8-17-14-20-13(16)21-15(22-14)19-11-6-5-7-12(10-11)29(25,26)27/h5-7,10,18H,2-4,8-9H2,1H3,(H,25,26,27)(H4,16,17,19,20,21,22). The molecule has 0 saturated carbocycles.